The third kappa shape index (κ3) is 4.90. The van der Waals surface area contributed by atoms with Crippen molar-refractivity contribution >= 4 is 0 Å². The molecule has 0 aliphatic carbocycles. The Hall–Kier alpha value is -0.940. The number of nitrogens with zero attached hydrogens (tertiary/aromatic N) is 2. The molecule has 0 aliphatic heterocycles. The highest BCUT2D eigenvalue weighted by Crippen LogP contribution is 2.03. The molecule has 1 N–H and O–H groups in total. The van der Waals surface area contributed by atoms with Crippen molar-refractivity contribution in [3.8, 4) is 0 Å². The van der Waals surface area contributed by atoms with Crippen LogP contribution in [0.5, 0.6) is 0 Å². The lowest BCUT2D eigenvalue weighted by Crippen LogP contribution is -2.37. The average Bonchev–Trinajstić information content (AvgIpc) is 2.51. The molecule has 86 valence electrons. The summed E-state index contributed by atoms with van der Waals surface area (Å²) in [5.74, 6) is 1.18. The number of rotatable bonds is 5. The highest BCUT2D eigenvalue weighted by atomic mass is 16.5. The van der Waals surface area contributed by atoms with Crippen molar-refractivity contribution in [3.05, 3.63) is 11.8 Å². The van der Waals surface area contributed by atoms with Gasteiger partial charge in [0, 0.05) is 25.6 Å². The second-order valence-electron chi connectivity index (χ2n) is 4.45. The van der Waals surface area contributed by atoms with E-state index in [-0.39, 0.29) is 5.54 Å². The summed E-state index contributed by atoms with van der Waals surface area (Å²) < 4.78 is 10.2. The van der Waals surface area contributed by atoms with Gasteiger partial charge in [-0.2, -0.15) is 0 Å². The molecule has 1 rings (SSSR count). The molecule has 1 aromatic rings. The van der Waals surface area contributed by atoms with Gasteiger partial charge in [-0.3, -0.25) is 0 Å². The molecule has 0 spiro atoms. The fraction of sp³-hybridized carbons (Fsp3) is 0.800. The predicted molar refractivity (Wildman–Crippen MR) is 56.5 cm³/mol. The minimum Gasteiger partial charge on any atom is -0.423 e. The molecule has 0 bridgehead atoms. The van der Waals surface area contributed by atoms with E-state index in [1.165, 1.54) is 0 Å². The molecule has 1 heterocycles. The van der Waals surface area contributed by atoms with E-state index in [0.717, 1.165) is 13.0 Å². The summed E-state index contributed by atoms with van der Waals surface area (Å²) in [5.41, 5.74) is 0.120. The molecule has 0 saturated carbocycles. The Kier molecular flexibility index (Phi) is 4.23. The third-order valence-corrected chi connectivity index (χ3v) is 1.77. The van der Waals surface area contributed by atoms with Gasteiger partial charge in [0.05, 0.1) is 0 Å². The SMILES string of the molecule is COCc1nnc(CCNC(C)(C)C)o1. The number of methoxy groups -OCH3 is 1. The summed E-state index contributed by atoms with van der Waals surface area (Å²) in [7, 11) is 1.60. The Labute approximate surface area is 90.2 Å². The van der Waals surface area contributed by atoms with Gasteiger partial charge in [-0.25, -0.2) is 0 Å². The highest BCUT2D eigenvalue weighted by Gasteiger charge is 2.10. The Morgan fingerprint density at radius 3 is 2.53 bits per heavy atom. The van der Waals surface area contributed by atoms with Gasteiger partial charge in [0.1, 0.15) is 6.61 Å². The summed E-state index contributed by atoms with van der Waals surface area (Å²) in [4.78, 5) is 0. The van der Waals surface area contributed by atoms with Crippen molar-refractivity contribution in [1.82, 2.24) is 15.5 Å². The van der Waals surface area contributed by atoms with Gasteiger partial charge in [0.25, 0.3) is 0 Å². The van der Waals surface area contributed by atoms with Crippen molar-refractivity contribution in [1.29, 1.82) is 0 Å². The van der Waals surface area contributed by atoms with Crippen LogP contribution in [-0.4, -0.2) is 29.4 Å². The minimum absolute atomic E-state index is 0.120. The van der Waals surface area contributed by atoms with Crippen LogP contribution in [0.25, 0.3) is 0 Å². The monoisotopic (exact) mass is 213 g/mol. The zero-order valence-electron chi connectivity index (χ0n) is 9.83. The van der Waals surface area contributed by atoms with Gasteiger partial charge in [0.2, 0.25) is 11.8 Å². The quantitative estimate of drug-likeness (QED) is 0.795. The van der Waals surface area contributed by atoms with Crippen LogP contribution < -0.4 is 5.32 Å². The van der Waals surface area contributed by atoms with Crippen LogP contribution in [0.4, 0.5) is 0 Å². The first-order valence-electron chi connectivity index (χ1n) is 5.06. The van der Waals surface area contributed by atoms with Crippen molar-refractivity contribution in [3.63, 3.8) is 0 Å². The standard InChI is InChI=1S/C10H19N3O2/c1-10(2,3)11-6-5-8-12-13-9(15-8)7-14-4/h11H,5-7H2,1-4H3. The first-order chi connectivity index (χ1) is 7.01. The van der Waals surface area contributed by atoms with Gasteiger partial charge in [-0.05, 0) is 20.8 Å². The molecule has 0 radical (unpaired) electrons. The number of aromatic nitrogens is 2. The molecule has 0 fully saturated rings. The smallest absolute Gasteiger partial charge is 0.242 e. The van der Waals surface area contributed by atoms with Gasteiger partial charge in [0.15, 0.2) is 0 Å². The van der Waals surface area contributed by atoms with Crippen LogP contribution >= 0.6 is 0 Å². The Morgan fingerprint density at radius 1 is 1.27 bits per heavy atom. The molecule has 0 aliphatic rings. The number of hydrogen-bond donors (Lipinski definition) is 1. The van der Waals surface area contributed by atoms with Crippen LogP contribution in [0, 0.1) is 0 Å². The molecule has 0 unspecified atom stereocenters. The van der Waals surface area contributed by atoms with Crippen LogP contribution in [0.3, 0.4) is 0 Å². The predicted octanol–water partition coefficient (Wildman–Crippen LogP) is 1.15. The summed E-state index contributed by atoms with van der Waals surface area (Å²) in [6.07, 6.45) is 0.744. The summed E-state index contributed by atoms with van der Waals surface area (Å²) in [6, 6.07) is 0. The maximum atomic E-state index is 5.35. The lowest BCUT2D eigenvalue weighted by molar-refractivity contribution is 0.158. The van der Waals surface area contributed by atoms with E-state index in [2.05, 4.69) is 36.3 Å². The molecule has 0 saturated heterocycles. The van der Waals surface area contributed by atoms with Crippen molar-refractivity contribution in [2.75, 3.05) is 13.7 Å². The van der Waals surface area contributed by atoms with Crippen LogP contribution in [0.15, 0.2) is 4.42 Å². The molecule has 5 nitrogen and oxygen atoms in total. The second kappa shape index (κ2) is 5.23. The van der Waals surface area contributed by atoms with Crippen LogP contribution in [-0.2, 0) is 17.8 Å². The van der Waals surface area contributed by atoms with E-state index >= 15 is 0 Å². The molecule has 0 aromatic carbocycles. The van der Waals surface area contributed by atoms with Crippen molar-refractivity contribution in [2.24, 2.45) is 0 Å². The van der Waals surface area contributed by atoms with E-state index in [1.54, 1.807) is 7.11 Å². The maximum absolute atomic E-state index is 5.35. The minimum atomic E-state index is 0.120. The van der Waals surface area contributed by atoms with E-state index in [4.69, 9.17) is 9.15 Å². The van der Waals surface area contributed by atoms with Gasteiger partial charge in [-0.15, -0.1) is 10.2 Å². The zero-order chi connectivity index (χ0) is 11.3. The molecule has 15 heavy (non-hydrogen) atoms. The first kappa shape index (κ1) is 12.1. The maximum Gasteiger partial charge on any atom is 0.242 e. The Balaban J connectivity index is 2.31. The fourth-order valence-corrected chi connectivity index (χ4v) is 1.12. The molecular weight excluding hydrogens is 194 g/mol. The molecular formula is C10H19N3O2. The van der Waals surface area contributed by atoms with Gasteiger partial charge < -0.3 is 14.5 Å². The molecule has 0 amide bonds. The molecule has 5 heteroatoms. The van der Waals surface area contributed by atoms with Crippen LogP contribution in [0.1, 0.15) is 32.6 Å². The summed E-state index contributed by atoms with van der Waals surface area (Å²) in [5, 5.41) is 11.1. The van der Waals surface area contributed by atoms with Gasteiger partial charge >= 0.3 is 0 Å². The van der Waals surface area contributed by atoms with Crippen molar-refractivity contribution in [2.45, 2.75) is 39.3 Å². The lowest BCUT2D eigenvalue weighted by atomic mass is 10.1. The Bertz CT molecular complexity index is 291. The largest absolute Gasteiger partial charge is 0.423 e. The molecule has 0 atom stereocenters. The first-order valence-corrected chi connectivity index (χ1v) is 5.06. The Morgan fingerprint density at radius 2 is 1.93 bits per heavy atom. The summed E-state index contributed by atoms with van der Waals surface area (Å²) >= 11 is 0. The second-order valence-corrected chi connectivity index (χ2v) is 4.45. The average molecular weight is 213 g/mol. The van der Waals surface area contributed by atoms with E-state index in [0.29, 0.717) is 18.4 Å². The van der Waals surface area contributed by atoms with E-state index in [1.807, 2.05) is 0 Å². The van der Waals surface area contributed by atoms with Crippen LogP contribution in [0.2, 0.25) is 0 Å². The lowest BCUT2D eigenvalue weighted by Gasteiger charge is -2.19. The fourth-order valence-electron chi connectivity index (χ4n) is 1.12. The normalized spacial score (nSPS) is 12.0. The number of ether oxygens (including phenoxy) is 1. The summed E-state index contributed by atoms with van der Waals surface area (Å²) in [6.45, 7) is 7.57. The molecule has 1 aromatic heterocycles. The zero-order valence-corrected chi connectivity index (χ0v) is 9.83. The van der Waals surface area contributed by atoms with E-state index < -0.39 is 0 Å². The highest BCUT2D eigenvalue weighted by molar-refractivity contribution is 4.82. The topological polar surface area (TPSA) is 60.2 Å². The number of nitrogens with one attached hydrogen (secondary N) is 1. The number of hydrogen-bond acceptors (Lipinski definition) is 5. The third-order valence-electron chi connectivity index (χ3n) is 1.77. The van der Waals surface area contributed by atoms with Crippen molar-refractivity contribution < 1.29 is 9.15 Å². The van der Waals surface area contributed by atoms with E-state index in [9.17, 15) is 0 Å². The van der Waals surface area contributed by atoms with Gasteiger partial charge in [-0.1, -0.05) is 0 Å².